The van der Waals surface area contributed by atoms with Crippen LogP contribution in [0.4, 0.5) is 0 Å². The molecule has 0 amide bonds. The second-order valence-corrected chi connectivity index (χ2v) is 14.3. The van der Waals surface area contributed by atoms with Crippen molar-refractivity contribution < 1.29 is 0 Å². The van der Waals surface area contributed by atoms with Crippen molar-refractivity contribution >= 4 is 31.6 Å². The summed E-state index contributed by atoms with van der Waals surface area (Å²) in [5, 5.41) is 5.21. The Balaban J connectivity index is 1.62. The quantitative estimate of drug-likeness (QED) is 0.219. The van der Waals surface area contributed by atoms with Gasteiger partial charge in [-0.05, 0) is 84.7 Å². The van der Waals surface area contributed by atoms with Crippen LogP contribution in [0.5, 0.6) is 0 Å². The molecular formula is C35H30S. The fraction of sp³-hybridized carbons (Fsp3) is 0.0857. The van der Waals surface area contributed by atoms with E-state index in [0.29, 0.717) is 0 Å². The lowest BCUT2D eigenvalue weighted by atomic mass is 9.86. The summed E-state index contributed by atoms with van der Waals surface area (Å²) in [7, 11) is -0.818. The number of benzene rings is 6. The zero-order chi connectivity index (χ0) is 24.7. The van der Waals surface area contributed by atoms with Crippen LogP contribution >= 0.6 is 10.0 Å². The molecule has 0 bridgehead atoms. The van der Waals surface area contributed by atoms with Crippen molar-refractivity contribution in [2.24, 2.45) is 0 Å². The first-order valence-corrected chi connectivity index (χ1v) is 15.2. The highest BCUT2D eigenvalue weighted by Crippen LogP contribution is 2.48. The number of hydrogen-bond donors (Lipinski definition) is 0. The first kappa shape index (κ1) is 22.6. The summed E-state index contributed by atoms with van der Waals surface area (Å²) in [5.74, 6) is 0. The van der Waals surface area contributed by atoms with E-state index in [4.69, 9.17) is 0 Å². The summed E-state index contributed by atoms with van der Waals surface area (Å²) in [6, 6.07) is 46.7. The Morgan fingerprint density at radius 2 is 0.778 bits per heavy atom. The molecule has 6 aromatic rings. The molecule has 0 aliphatic carbocycles. The molecule has 0 N–H and O–H groups in total. The Labute approximate surface area is 215 Å². The summed E-state index contributed by atoms with van der Waals surface area (Å²) in [4.78, 5) is 1.44. The van der Waals surface area contributed by atoms with Gasteiger partial charge in [0, 0.05) is 0 Å². The number of fused-ring (bicyclic) bond motifs is 2. The summed E-state index contributed by atoms with van der Waals surface area (Å²) in [6.07, 6.45) is 7.10. The van der Waals surface area contributed by atoms with Crippen LogP contribution < -0.4 is 0 Å². The van der Waals surface area contributed by atoms with E-state index in [-0.39, 0.29) is 0 Å². The molecule has 0 spiro atoms. The second kappa shape index (κ2) is 9.00. The third-order valence-corrected chi connectivity index (χ3v) is 8.71. The first-order chi connectivity index (χ1) is 17.5. The van der Waals surface area contributed by atoms with Crippen LogP contribution in [0.2, 0.25) is 0 Å². The van der Waals surface area contributed by atoms with Gasteiger partial charge in [-0.15, -0.1) is 0 Å². The minimum absolute atomic E-state index is 0.818. The van der Waals surface area contributed by atoms with Crippen LogP contribution in [0.25, 0.3) is 54.9 Å². The highest BCUT2D eigenvalue weighted by atomic mass is 32.3. The molecule has 0 radical (unpaired) electrons. The van der Waals surface area contributed by atoms with E-state index in [2.05, 4.69) is 146 Å². The summed E-state index contributed by atoms with van der Waals surface area (Å²) < 4.78 is 0. The van der Waals surface area contributed by atoms with Crippen LogP contribution in [-0.2, 0) is 0 Å². The normalized spacial score (nSPS) is 12.2. The van der Waals surface area contributed by atoms with Gasteiger partial charge in [0.2, 0.25) is 0 Å². The molecule has 0 aliphatic rings. The molecule has 0 nitrogen and oxygen atoms in total. The minimum Gasteiger partial charge on any atom is -0.223 e. The van der Waals surface area contributed by atoms with Gasteiger partial charge in [0.1, 0.15) is 0 Å². The Morgan fingerprint density at radius 3 is 1.31 bits per heavy atom. The zero-order valence-corrected chi connectivity index (χ0v) is 21.8. The molecular weight excluding hydrogens is 452 g/mol. The molecule has 176 valence electrons. The lowest BCUT2D eigenvalue weighted by Crippen LogP contribution is -1.94. The standard InChI is InChI=1S/C35H30S/c1-36(2,3)29-15-11-14-28(24-29)35-32-18-9-7-16-30(32)34(31-17-8-10-19-33(31)35)27-22-20-26(21-23-27)25-12-5-4-6-13-25/h4-24H,1-3H3. The van der Waals surface area contributed by atoms with Crippen molar-refractivity contribution in [3.63, 3.8) is 0 Å². The van der Waals surface area contributed by atoms with Gasteiger partial charge in [-0.25, -0.2) is 10.0 Å². The maximum absolute atomic E-state index is 2.41. The largest absolute Gasteiger partial charge is 0.223 e. The van der Waals surface area contributed by atoms with Crippen LogP contribution in [0, 0.1) is 0 Å². The Bertz CT molecular complexity index is 1630. The van der Waals surface area contributed by atoms with Gasteiger partial charge in [0.05, 0.1) is 0 Å². The zero-order valence-electron chi connectivity index (χ0n) is 21.0. The molecule has 6 rings (SSSR count). The van der Waals surface area contributed by atoms with E-state index in [1.807, 2.05) is 0 Å². The van der Waals surface area contributed by atoms with Crippen LogP contribution in [0.1, 0.15) is 0 Å². The van der Waals surface area contributed by atoms with Crippen LogP contribution in [0.15, 0.2) is 132 Å². The van der Waals surface area contributed by atoms with Crippen molar-refractivity contribution in [1.29, 1.82) is 0 Å². The van der Waals surface area contributed by atoms with E-state index in [0.717, 1.165) is 0 Å². The maximum atomic E-state index is 2.41. The van der Waals surface area contributed by atoms with E-state index in [1.54, 1.807) is 0 Å². The molecule has 0 aliphatic heterocycles. The SMILES string of the molecule is CS(C)(C)c1cccc(-c2c3ccccc3c(-c3ccc(-c4ccccc4)cc3)c3ccccc23)c1. The van der Waals surface area contributed by atoms with Crippen molar-refractivity contribution in [2.45, 2.75) is 4.90 Å². The first-order valence-electron chi connectivity index (χ1n) is 12.4. The van der Waals surface area contributed by atoms with E-state index >= 15 is 0 Å². The smallest absolute Gasteiger partial charge is 0.00260 e. The molecule has 0 saturated heterocycles. The van der Waals surface area contributed by atoms with Crippen molar-refractivity contribution in [3.8, 4) is 33.4 Å². The van der Waals surface area contributed by atoms with Gasteiger partial charge in [0.15, 0.2) is 0 Å². The highest BCUT2D eigenvalue weighted by Gasteiger charge is 2.17. The van der Waals surface area contributed by atoms with Gasteiger partial charge in [-0.1, -0.05) is 121 Å². The summed E-state index contributed by atoms with van der Waals surface area (Å²) in [5.41, 5.74) is 7.68. The lowest BCUT2D eigenvalue weighted by Gasteiger charge is -2.26. The average molecular weight is 483 g/mol. The maximum Gasteiger partial charge on any atom is -0.00260 e. The average Bonchev–Trinajstić information content (AvgIpc) is 2.92. The molecule has 6 aromatic carbocycles. The third-order valence-electron chi connectivity index (χ3n) is 7.04. The van der Waals surface area contributed by atoms with Crippen molar-refractivity contribution in [2.75, 3.05) is 18.8 Å². The van der Waals surface area contributed by atoms with E-state index < -0.39 is 10.0 Å². The van der Waals surface area contributed by atoms with E-state index in [9.17, 15) is 0 Å². The fourth-order valence-corrected chi connectivity index (χ4v) is 6.21. The Kier molecular flexibility index (Phi) is 5.66. The molecule has 0 saturated carbocycles. The predicted octanol–water partition coefficient (Wildman–Crippen LogP) is 10.0. The minimum atomic E-state index is -0.818. The molecule has 0 heterocycles. The monoisotopic (exact) mass is 482 g/mol. The van der Waals surface area contributed by atoms with Gasteiger partial charge in [-0.2, -0.15) is 0 Å². The van der Waals surface area contributed by atoms with Crippen molar-refractivity contribution in [3.05, 3.63) is 127 Å². The second-order valence-electron chi connectivity index (χ2n) is 10.1. The third kappa shape index (κ3) is 4.00. The number of hydrogen-bond acceptors (Lipinski definition) is 0. The highest BCUT2D eigenvalue weighted by molar-refractivity contribution is 8.32. The van der Waals surface area contributed by atoms with Gasteiger partial charge >= 0.3 is 0 Å². The van der Waals surface area contributed by atoms with Gasteiger partial charge in [-0.3, -0.25) is 0 Å². The number of rotatable bonds is 4. The predicted molar refractivity (Wildman–Crippen MR) is 161 cm³/mol. The van der Waals surface area contributed by atoms with E-state index in [1.165, 1.54) is 59.8 Å². The Hall–Kier alpha value is -3.81. The van der Waals surface area contributed by atoms with Gasteiger partial charge < -0.3 is 0 Å². The van der Waals surface area contributed by atoms with Crippen molar-refractivity contribution in [1.82, 2.24) is 0 Å². The lowest BCUT2D eigenvalue weighted by molar-refractivity contribution is 1.44. The molecule has 0 atom stereocenters. The molecule has 1 heteroatoms. The topological polar surface area (TPSA) is 0 Å². The fourth-order valence-electron chi connectivity index (χ4n) is 5.24. The molecule has 0 fully saturated rings. The van der Waals surface area contributed by atoms with Crippen LogP contribution in [-0.4, -0.2) is 18.8 Å². The molecule has 0 unspecified atom stereocenters. The summed E-state index contributed by atoms with van der Waals surface area (Å²) >= 11 is 0. The molecule has 36 heavy (non-hydrogen) atoms. The Morgan fingerprint density at radius 1 is 0.361 bits per heavy atom. The summed E-state index contributed by atoms with van der Waals surface area (Å²) in [6.45, 7) is 0. The van der Waals surface area contributed by atoms with Crippen LogP contribution in [0.3, 0.4) is 0 Å². The molecule has 0 aromatic heterocycles. The van der Waals surface area contributed by atoms with Gasteiger partial charge in [0.25, 0.3) is 0 Å².